The van der Waals surface area contributed by atoms with Crippen LogP contribution in [0.3, 0.4) is 0 Å². The Morgan fingerprint density at radius 3 is 2.48 bits per heavy atom. The minimum absolute atomic E-state index is 0.716. The number of pyridine rings is 1. The lowest BCUT2D eigenvalue weighted by atomic mass is 10.1. The predicted molar refractivity (Wildman–Crippen MR) is 87.6 cm³/mol. The van der Waals surface area contributed by atoms with Crippen molar-refractivity contribution in [3.63, 3.8) is 0 Å². The van der Waals surface area contributed by atoms with E-state index in [1.807, 2.05) is 13.1 Å². The van der Waals surface area contributed by atoms with Crippen LogP contribution in [0.4, 0.5) is 5.82 Å². The third-order valence-electron chi connectivity index (χ3n) is 3.55. The van der Waals surface area contributed by atoms with Gasteiger partial charge in [0, 0.05) is 24.0 Å². The fraction of sp³-hybridized carbons (Fsp3) is 0.471. The van der Waals surface area contributed by atoms with Gasteiger partial charge >= 0.3 is 0 Å². The summed E-state index contributed by atoms with van der Waals surface area (Å²) in [5.41, 5.74) is 5.36. The van der Waals surface area contributed by atoms with Crippen LogP contribution >= 0.6 is 0 Å². The molecule has 2 rings (SSSR count). The van der Waals surface area contributed by atoms with Gasteiger partial charge in [-0.2, -0.15) is 0 Å². The Morgan fingerprint density at radius 1 is 1.10 bits per heavy atom. The van der Waals surface area contributed by atoms with Gasteiger partial charge in [0.1, 0.15) is 11.5 Å². The summed E-state index contributed by atoms with van der Waals surface area (Å²) < 4.78 is 0. The molecule has 2 aromatic rings. The molecule has 0 unspecified atom stereocenters. The summed E-state index contributed by atoms with van der Waals surface area (Å²) in [6.07, 6.45) is 3.84. The Balaban J connectivity index is 2.52. The van der Waals surface area contributed by atoms with E-state index in [1.165, 1.54) is 0 Å². The lowest BCUT2D eigenvalue weighted by Gasteiger charge is -2.13. The minimum atomic E-state index is 0.716. The summed E-state index contributed by atoms with van der Waals surface area (Å²) in [6, 6.07) is 2.12. The maximum Gasteiger partial charge on any atom is 0.180 e. The third-order valence-corrected chi connectivity index (χ3v) is 3.55. The summed E-state index contributed by atoms with van der Waals surface area (Å²) in [5, 5.41) is 3.40. The van der Waals surface area contributed by atoms with E-state index in [0.717, 1.165) is 53.3 Å². The highest BCUT2D eigenvalue weighted by Crippen LogP contribution is 2.23. The lowest BCUT2D eigenvalue weighted by molar-refractivity contribution is 0.932. The van der Waals surface area contributed by atoms with E-state index >= 15 is 0 Å². The van der Waals surface area contributed by atoms with E-state index in [-0.39, 0.29) is 0 Å². The molecule has 0 spiro atoms. The number of nitrogens with one attached hydrogen (secondary N) is 1. The van der Waals surface area contributed by atoms with Crippen LogP contribution in [-0.4, -0.2) is 21.5 Å². The highest BCUT2D eigenvalue weighted by atomic mass is 15.0. The minimum Gasteiger partial charge on any atom is -0.370 e. The molecule has 2 heterocycles. The zero-order valence-corrected chi connectivity index (χ0v) is 13.6. The smallest absolute Gasteiger partial charge is 0.180 e. The van der Waals surface area contributed by atoms with Crippen LogP contribution in [0.25, 0.3) is 11.5 Å². The molecule has 0 aliphatic rings. The summed E-state index contributed by atoms with van der Waals surface area (Å²) >= 11 is 0. The molecule has 0 atom stereocenters. The standard InChI is InChI=1S/C17H24N4/c1-6-8-18-16-13(5)14(7-2)20-17(21-16)15-12(4)9-11(3)10-19-15/h9-10H,6-8H2,1-5H3,(H,18,20,21). The second-order valence-corrected chi connectivity index (χ2v) is 5.43. The van der Waals surface area contributed by atoms with Crippen molar-refractivity contribution in [2.75, 3.05) is 11.9 Å². The maximum atomic E-state index is 4.71. The number of aromatic nitrogens is 3. The number of rotatable bonds is 5. The molecule has 0 aliphatic heterocycles. The second kappa shape index (κ2) is 6.66. The predicted octanol–water partition coefficient (Wildman–Crippen LogP) is 3.85. The van der Waals surface area contributed by atoms with Gasteiger partial charge in [0.05, 0.1) is 0 Å². The van der Waals surface area contributed by atoms with Gasteiger partial charge in [-0.25, -0.2) is 9.97 Å². The number of hydrogen-bond donors (Lipinski definition) is 1. The van der Waals surface area contributed by atoms with Gasteiger partial charge in [-0.1, -0.05) is 19.9 Å². The molecule has 0 saturated heterocycles. The van der Waals surface area contributed by atoms with Crippen LogP contribution in [0.1, 0.15) is 42.7 Å². The number of anilines is 1. The van der Waals surface area contributed by atoms with Crippen molar-refractivity contribution in [2.24, 2.45) is 0 Å². The van der Waals surface area contributed by atoms with Gasteiger partial charge in [-0.15, -0.1) is 0 Å². The second-order valence-electron chi connectivity index (χ2n) is 5.43. The van der Waals surface area contributed by atoms with E-state index in [1.54, 1.807) is 0 Å². The Kier molecular flexibility index (Phi) is 4.89. The average Bonchev–Trinajstić information content (AvgIpc) is 2.46. The van der Waals surface area contributed by atoms with Gasteiger partial charge in [0.25, 0.3) is 0 Å². The zero-order valence-electron chi connectivity index (χ0n) is 13.6. The fourth-order valence-electron chi connectivity index (χ4n) is 2.38. The summed E-state index contributed by atoms with van der Waals surface area (Å²) in [5.74, 6) is 1.65. The van der Waals surface area contributed by atoms with Crippen molar-refractivity contribution in [1.29, 1.82) is 0 Å². The molecule has 2 aromatic heterocycles. The third kappa shape index (κ3) is 3.38. The topological polar surface area (TPSA) is 50.7 Å². The van der Waals surface area contributed by atoms with E-state index in [4.69, 9.17) is 9.97 Å². The average molecular weight is 284 g/mol. The first kappa shape index (κ1) is 15.4. The number of hydrogen-bond acceptors (Lipinski definition) is 4. The van der Waals surface area contributed by atoms with Gasteiger partial charge in [0.2, 0.25) is 0 Å². The van der Waals surface area contributed by atoms with Crippen LogP contribution in [0.5, 0.6) is 0 Å². The van der Waals surface area contributed by atoms with Gasteiger partial charge in [-0.3, -0.25) is 4.98 Å². The van der Waals surface area contributed by atoms with E-state index in [2.05, 4.69) is 44.1 Å². The largest absolute Gasteiger partial charge is 0.370 e. The molecule has 4 heteroatoms. The summed E-state index contributed by atoms with van der Waals surface area (Å²) in [6.45, 7) is 11.4. The normalized spacial score (nSPS) is 10.7. The van der Waals surface area contributed by atoms with Crippen LogP contribution in [-0.2, 0) is 6.42 Å². The number of aryl methyl sites for hydroxylation is 3. The van der Waals surface area contributed by atoms with E-state index < -0.39 is 0 Å². The Bertz CT molecular complexity index is 635. The summed E-state index contributed by atoms with van der Waals surface area (Å²) in [4.78, 5) is 13.9. The van der Waals surface area contributed by atoms with E-state index in [9.17, 15) is 0 Å². The SMILES string of the molecule is CCCNc1nc(-c2ncc(C)cc2C)nc(CC)c1C. The monoisotopic (exact) mass is 284 g/mol. The van der Waals surface area contributed by atoms with Gasteiger partial charge < -0.3 is 5.32 Å². The van der Waals surface area contributed by atoms with E-state index in [0.29, 0.717) is 5.82 Å². The Hall–Kier alpha value is -1.97. The molecule has 4 nitrogen and oxygen atoms in total. The maximum absolute atomic E-state index is 4.71. The molecule has 0 aliphatic carbocycles. The first-order chi connectivity index (χ1) is 10.1. The van der Waals surface area contributed by atoms with Crippen molar-refractivity contribution in [3.8, 4) is 11.5 Å². The highest BCUT2D eigenvalue weighted by Gasteiger charge is 2.13. The molecule has 0 fully saturated rings. The Morgan fingerprint density at radius 2 is 1.86 bits per heavy atom. The van der Waals surface area contributed by atoms with Gasteiger partial charge in [0.15, 0.2) is 5.82 Å². The van der Waals surface area contributed by atoms with Crippen molar-refractivity contribution >= 4 is 5.82 Å². The molecule has 0 radical (unpaired) electrons. The molecule has 0 amide bonds. The Labute approximate surface area is 127 Å². The van der Waals surface area contributed by atoms with Crippen molar-refractivity contribution in [3.05, 3.63) is 34.6 Å². The molecular weight excluding hydrogens is 260 g/mol. The molecule has 0 bridgehead atoms. The quantitative estimate of drug-likeness (QED) is 0.906. The molecule has 112 valence electrons. The number of nitrogens with zero attached hydrogens (tertiary/aromatic N) is 3. The molecule has 1 N–H and O–H groups in total. The molecule has 21 heavy (non-hydrogen) atoms. The van der Waals surface area contributed by atoms with Crippen LogP contribution < -0.4 is 5.32 Å². The van der Waals surface area contributed by atoms with Crippen molar-refractivity contribution in [2.45, 2.75) is 47.5 Å². The van der Waals surface area contributed by atoms with Crippen molar-refractivity contribution < 1.29 is 0 Å². The molecular formula is C17H24N4. The van der Waals surface area contributed by atoms with Crippen LogP contribution in [0.15, 0.2) is 12.3 Å². The molecule has 0 aromatic carbocycles. The highest BCUT2D eigenvalue weighted by molar-refractivity contribution is 5.59. The first-order valence-electron chi connectivity index (χ1n) is 7.61. The van der Waals surface area contributed by atoms with Crippen LogP contribution in [0, 0.1) is 20.8 Å². The van der Waals surface area contributed by atoms with Crippen LogP contribution in [0.2, 0.25) is 0 Å². The zero-order chi connectivity index (χ0) is 15.4. The fourth-order valence-corrected chi connectivity index (χ4v) is 2.38. The molecule has 0 saturated carbocycles. The lowest BCUT2D eigenvalue weighted by Crippen LogP contribution is -2.09. The van der Waals surface area contributed by atoms with Crippen molar-refractivity contribution in [1.82, 2.24) is 15.0 Å². The summed E-state index contributed by atoms with van der Waals surface area (Å²) in [7, 11) is 0. The van der Waals surface area contributed by atoms with Gasteiger partial charge in [-0.05, 0) is 44.7 Å². The first-order valence-corrected chi connectivity index (χ1v) is 7.61.